The van der Waals surface area contributed by atoms with Gasteiger partial charge in [-0.25, -0.2) is 0 Å². The topological polar surface area (TPSA) is 58.4 Å². The van der Waals surface area contributed by atoms with Crippen molar-refractivity contribution in [3.63, 3.8) is 0 Å². The van der Waals surface area contributed by atoms with Crippen molar-refractivity contribution in [1.29, 1.82) is 0 Å². The Morgan fingerprint density at radius 1 is 1.44 bits per heavy atom. The van der Waals surface area contributed by atoms with Crippen LogP contribution >= 0.6 is 0 Å². The van der Waals surface area contributed by atoms with E-state index in [2.05, 4.69) is 10.2 Å². The number of nitrogen functional groups attached to an aromatic ring is 1. The van der Waals surface area contributed by atoms with E-state index in [-0.39, 0.29) is 5.91 Å². The first-order valence-corrected chi connectivity index (χ1v) is 6.62. The van der Waals surface area contributed by atoms with Crippen molar-refractivity contribution in [2.45, 2.75) is 19.3 Å². The van der Waals surface area contributed by atoms with Crippen LogP contribution in [0.4, 0.5) is 11.4 Å². The molecule has 3 rings (SSSR count). The van der Waals surface area contributed by atoms with Crippen molar-refractivity contribution in [3.8, 4) is 0 Å². The van der Waals surface area contributed by atoms with Gasteiger partial charge in [0.05, 0.1) is 6.54 Å². The molecule has 0 bridgehead atoms. The van der Waals surface area contributed by atoms with E-state index >= 15 is 0 Å². The molecule has 2 aliphatic rings. The van der Waals surface area contributed by atoms with Gasteiger partial charge in [0.2, 0.25) is 5.91 Å². The summed E-state index contributed by atoms with van der Waals surface area (Å²) in [7, 11) is 0. The van der Waals surface area contributed by atoms with Crippen molar-refractivity contribution >= 4 is 17.3 Å². The third-order valence-electron chi connectivity index (χ3n) is 3.71. The Bertz CT molecular complexity index is 468. The quantitative estimate of drug-likeness (QED) is 0.783. The molecule has 0 aromatic heterocycles. The summed E-state index contributed by atoms with van der Waals surface area (Å²) in [6.07, 6.45) is 3.52. The second-order valence-corrected chi connectivity index (χ2v) is 5.31. The highest BCUT2D eigenvalue weighted by Crippen LogP contribution is 2.29. The van der Waals surface area contributed by atoms with Crippen LogP contribution in [-0.4, -0.2) is 25.5 Å². The zero-order chi connectivity index (χ0) is 12.5. The minimum atomic E-state index is 0.131. The summed E-state index contributed by atoms with van der Waals surface area (Å²) in [6, 6.07) is 5.93. The van der Waals surface area contributed by atoms with Gasteiger partial charge in [-0.1, -0.05) is 0 Å². The van der Waals surface area contributed by atoms with E-state index in [9.17, 15) is 4.79 Å². The number of benzene rings is 1. The summed E-state index contributed by atoms with van der Waals surface area (Å²) in [5.41, 5.74) is 8.98. The van der Waals surface area contributed by atoms with Crippen LogP contribution in [0.2, 0.25) is 0 Å². The summed E-state index contributed by atoms with van der Waals surface area (Å²) < 4.78 is 0. The van der Waals surface area contributed by atoms with Gasteiger partial charge in [0.15, 0.2) is 0 Å². The zero-order valence-electron chi connectivity index (χ0n) is 10.5. The highest BCUT2D eigenvalue weighted by atomic mass is 16.2. The fourth-order valence-corrected chi connectivity index (χ4v) is 2.46. The molecule has 96 valence electrons. The van der Waals surface area contributed by atoms with Gasteiger partial charge in [-0.05, 0) is 48.9 Å². The predicted molar refractivity (Wildman–Crippen MR) is 72.5 cm³/mol. The van der Waals surface area contributed by atoms with Gasteiger partial charge in [-0.15, -0.1) is 0 Å². The van der Waals surface area contributed by atoms with Crippen LogP contribution in [0.15, 0.2) is 18.2 Å². The summed E-state index contributed by atoms with van der Waals surface area (Å²) in [5.74, 6) is 0.867. The number of nitrogens with one attached hydrogen (secondary N) is 1. The molecule has 0 spiro atoms. The normalized spacial score (nSPS) is 17.7. The maximum absolute atomic E-state index is 11.8. The van der Waals surface area contributed by atoms with E-state index in [4.69, 9.17) is 5.73 Å². The number of hydrogen-bond acceptors (Lipinski definition) is 3. The molecule has 1 aliphatic carbocycles. The maximum atomic E-state index is 11.8. The van der Waals surface area contributed by atoms with Gasteiger partial charge in [0.25, 0.3) is 0 Å². The molecule has 1 fully saturated rings. The van der Waals surface area contributed by atoms with Crippen LogP contribution in [0.3, 0.4) is 0 Å². The third kappa shape index (κ3) is 2.42. The van der Waals surface area contributed by atoms with Gasteiger partial charge in [0, 0.05) is 24.5 Å². The van der Waals surface area contributed by atoms with Gasteiger partial charge in [-0.3, -0.25) is 4.79 Å². The lowest BCUT2D eigenvalue weighted by atomic mass is 10.1. The fraction of sp³-hybridized carbons (Fsp3) is 0.500. The van der Waals surface area contributed by atoms with Crippen molar-refractivity contribution < 1.29 is 4.79 Å². The number of fused-ring (bicyclic) bond motifs is 1. The van der Waals surface area contributed by atoms with Crippen LogP contribution < -0.4 is 16.0 Å². The summed E-state index contributed by atoms with van der Waals surface area (Å²) in [6.45, 7) is 2.22. The predicted octanol–water partition coefficient (Wildman–Crippen LogP) is 1.16. The number of carbonyl (C=O) groups is 1. The summed E-state index contributed by atoms with van der Waals surface area (Å²) in [4.78, 5) is 14.0. The molecule has 4 nitrogen and oxygen atoms in total. The van der Waals surface area contributed by atoms with E-state index in [0.29, 0.717) is 6.54 Å². The van der Waals surface area contributed by atoms with Gasteiger partial charge in [0.1, 0.15) is 0 Å². The lowest BCUT2D eigenvalue weighted by Crippen LogP contribution is -2.37. The molecule has 0 saturated heterocycles. The number of rotatable bonds is 4. The fourth-order valence-electron chi connectivity index (χ4n) is 2.46. The number of carbonyl (C=O) groups excluding carboxylic acids is 1. The Hall–Kier alpha value is -1.71. The molecule has 18 heavy (non-hydrogen) atoms. The average Bonchev–Trinajstić information content (AvgIpc) is 3.10. The Morgan fingerprint density at radius 3 is 3.06 bits per heavy atom. The number of hydrogen-bond donors (Lipinski definition) is 2. The second kappa shape index (κ2) is 4.52. The van der Waals surface area contributed by atoms with E-state index in [1.165, 1.54) is 18.4 Å². The van der Waals surface area contributed by atoms with Crippen LogP contribution in [-0.2, 0) is 11.2 Å². The lowest BCUT2D eigenvalue weighted by Gasteiger charge is -2.18. The SMILES string of the molecule is Nc1ccc2c(c1)CCN2CC(=O)NCC1CC1. The molecule has 0 atom stereocenters. The van der Waals surface area contributed by atoms with E-state index in [1.807, 2.05) is 18.2 Å². The summed E-state index contributed by atoms with van der Waals surface area (Å²) in [5, 5.41) is 3.01. The molecule has 3 N–H and O–H groups in total. The number of anilines is 2. The van der Waals surface area contributed by atoms with Crippen molar-refractivity contribution in [2.75, 3.05) is 30.3 Å². The maximum Gasteiger partial charge on any atom is 0.239 e. The molecule has 4 heteroatoms. The van der Waals surface area contributed by atoms with Crippen molar-refractivity contribution in [3.05, 3.63) is 23.8 Å². The zero-order valence-corrected chi connectivity index (χ0v) is 10.5. The first-order valence-electron chi connectivity index (χ1n) is 6.62. The molecule has 1 aromatic rings. The Kier molecular flexibility index (Phi) is 2.86. The third-order valence-corrected chi connectivity index (χ3v) is 3.71. The van der Waals surface area contributed by atoms with Crippen molar-refractivity contribution in [1.82, 2.24) is 5.32 Å². The van der Waals surface area contributed by atoms with E-state index in [1.54, 1.807) is 0 Å². The van der Waals surface area contributed by atoms with Crippen LogP contribution in [0, 0.1) is 5.92 Å². The number of amides is 1. The molecule has 1 saturated carbocycles. The Balaban J connectivity index is 1.59. The first-order chi connectivity index (χ1) is 8.72. The van der Waals surface area contributed by atoms with E-state index < -0.39 is 0 Å². The number of nitrogens with two attached hydrogens (primary N) is 1. The number of nitrogens with zero attached hydrogens (tertiary/aromatic N) is 1. The first kappa shape index (κ1) is 11.4. The molecule has 1 aromatic carbocycles. The van der Waals surface area contributed by atoms with E-state index in [0.717, 1.165) is 36.8 Å². The molecule has 1 heterocycles. The highest BCUT2D eigenvalue weighted by molar-refractivity contribution is 5.82. The standard InChI is InChI=1S/C14H19N3O/c15-12-3-4-13-11(7-12)5-6-17(13)9-14(18)16-8-10-1-2-10/h3-4,7,10H,1-2,5-6,8-9,15H2,(H,16,18). The van der Waals surface area contributed by atoms with Crippen LogP contribution in [0.1, 0.15) is 18.4 Å². The minimum Gasteiger partial charge on any atom is -0.399 e. The molecule has 0 radical (unpaired) electrons. The minimum absolute atomic E-state index is 0.131. The average molecular weight is 245 g/mol. The largest absolute Gasteiger partial charge is 0.399 e. The van der Waals surface area contributed by atoms with Gasteiger partial charge in [-0.2, -0.15) is 0 Å². The van der Waals surface area contributed by atoms with Gasteiger partial charge < -0.3 is 16.0 Å². The second-order valence-electron chi connectivity index (χ2n) is 5.31. The van der Waals surface area contributed by atoms with Gasteiger partial charge >= 0.3 is 0 Å². The summed E-state index contributed by atoms with van der Waals surface area (Å²) >= 11 is 0. The highest BCUT2D eigenvalue weighted by Gasteiger charge is 2.24. The monoisotopic (exact) mass is 245 g/mol. The van der Waals surface area contributed by atoms with Crippen LogP contribution in [0.5, 0.6) is 0 Å². The smallest absolute Gasteiger partial charge is 0.239 e. The Morgan fingerprint density at radius 2 is 2.28 bits per heavy atom. The molecule has 0 unspecified atom stereocenters. The molecular weight excluding hydrogens is 226 g/mol. The molecular formula is C14H19N3O. The van der Waals surface area contributed by atoms with Crippen LogP contribution in [0.25, 0.3) is 0 Å². The lowest BCUT2D eigenvalue weighted by molar-refractivity contribution is -0.119. The van der Waals surface area contributed by atoms with Crippen molar-refractivity contribution in [2.24, 2.45) is 5.92 Å². The molecule has 1 amide bonds. The Labute approximate surface area is 107 Å². The molecule has 1 aliphatic heterocycles.